The van der Waals surface area contributed by atoms with Gasteiger partial charge >= 0.3 is 0 Å². The highest BCUT2D eigenvalue weighted by molar-refractivity contribution is 6.05. The van der Waals surface area contributed by atoms with Crippen molar-refractivity contribution in [2.24, 2.45) is 0 Å². The fourth-order valence-electron chi connectivity index (χ4n) is 2.54. The Hall–Kier alpha value is -0.940. The first kappa shape index (κ1) is 17.1. The van der Waals surface area contributed by atoms with Gasteiger partial charge in [-0.1, -0.05) is 20.8 Å². The second kappa shape index (κ2) is 9.08. The van der Waals surface area contributed by atoms with Crippen molar-refractivity contribution in [3.8, 4) is 0 Å². The van der Waals surface area contributed by atoms with Crippen molar-refractivity contribution in [3.63, 3.8) is 0 Å². The molecule has 1 atom stereocenters. The zero-order valence-corrected chi connectivity index (χ0v) is 13.0. The summed E-state index contributed by atoms with van der Waals surface area (Å²) >= 11 is 0. The highest BCUT2D eigenvalue weighted by atomic mass is 16.5. The van der Waals surface area contributed by atoms with Crippen LogP contribution in [0.2, 0.25) is 0 Å². The molecule has 0 saturated carbocycles. The summed E-state index contributed by atoms with van der Waals surface area (Å²) in [7, 11) is 0. The minimum atomic E-state index is -0.339. The standard InChI is InChI=1S/C15H28N2O3/c1-4-9-20-10-7-8-16-13-11-14(18)17(15(13)19)12(5-2)6-3/h12-13,16H,4-11H2,1-3H3. The fraction of sp³-hybridized carbons (Fsp3) is 0.867. The van der Waals surface area contributed by atoms with Gasteiger partial charge in [0.05, 0.1) is 12.5 Å². The normalized spacial score (nSPS) is 19.4. The third-order valence-corrected chi connectivity index (χ3v) is 3.70. The predicted octanol–water partition coefficient (Wildman–Crippen LogP) is 1.71. The smallest absolute Gasteiger partial charge is 0.247 e. The summed E-state index contributed by atoms with van der Waals surface area (Å²) in [6.45, 7) is 8.30. The van der Waals surface area contributed by atoms with Crippen LogP contribution in [0.3, 0.4) is 0 Å². The van der Waals surface area contributed by atoms with Crippen LogP contribution in [-0.4, -0.2) is 48.6 Å². The summed E-state index contributed by atoms with van der Waals surface area (Å²) in [4.78, 5) is 25.7. The molecule has 1 unspecified atom stereocenters. The summed E-state index contributed by atoms with van der Waals surface area (Å²) in [6, 6.07) is -0.288. The molecule has 5 nitrogen and oxygen atoms in total. The molecule has 116 valence electrons. The Bertz CT molecular complexity index is 316. The average molecular weight is 284 g/mol. The molecule has 2 amide bonds. The van der Waals surface area contributed by atoms with Crippen molar-refractivity contribution in [2.75, 3.05) is 19.8 Å². The minimum absolute atomic E-state index is 0.0385. The fourth-order valence-corrected chi connectivity index (χ4v) is 2.54. The number of imide groups is 1. The quantitative estimate of drug-likeness (QED) is 0.490. The first-order valence-electron chi connectivity index (χ1n) is 7.82. The van der Waals surface area contributed by atoms with Crippen LogP contribution in [0.5, 0.6) is 0 Å². The second-order valence-electron chi connectivity index (χ2n) is 5.25. The number of ether oxygens (including phenoxy) is 1. The maximum atomic E-state index is 12.3. The largest absolute Gasteiger partial charge is 0.381 e. The molecule has 0 aliphatic carbocycles. The van der Waals surface area contributed by atoms with Gasteiger partial charge in [0, 0.05) is 19.3 Å². The average Bonchev–Trinajstić information content (AvgIpc) is 2.72. The Kier molecular flexibility index (Phi) is 7.77. The number of nitrogens with one attached hydrogen (secondary N) is 1. The molecule has 1 heterocycles. The van der Waals surface area contributed by atoms with Gasteiger partial charge in [0.15, 0.2) is 0 Å². The Morgan fingerprint density at radius 1 is 1.25 bits per heavy atom. The molecule has 0 aromatic rings. The molecule has 5 heteroatoms. The molecule has 1 saturated heterocycles. The minimum Gasteiger partial charge on any atom is -0.381 e. The Morgan fingerprint density at radius 3 is 2.55 bits per heavy atom. The van der Waals surface area contributed by atoms with Gasteiger partial charge < -0.3 is 10.1 Å². The third-order valence-electron chi connectivity index (χ3n) is 3.70. The van der Waals surface area contributed by atoms with Crippen LogP contribution in [-0.2, 0) is 14.3 Å². The number of amides is 2. The highest BCUT2D eigenvalue weighted by Gasteiger charge is 2.40. The molecule has 1 rings (SSSR count). The van der Waals surface area contributed by atoms with Gasteiger partial charge in [-0.15, -0.1) is 0 Å². The predicted molar refractivity (Wildman–Crippen MR) is 78.4 cm³/mol. The molecule has 0 aromatic heterocycles. The Labute approximate surface area is 122 Å². The van der Waals surface area contributed by atoms with E-state index in [2.05, 4.69) is 12.2 Å². The molecular formula is C15H28N2O3. The van der Waals surface area contributed by atoms with E-state index in [1.165, 1.54) is 4.90 Å². The van der Waals surface area contributed by atoms with Gasteiger partial charge in [-0.05, 0) is 32.2 Å². The summed E-state index contributed by atoms with van der Waals surface area (Å²) in [5.74, 6) is -0.0957. The summed E-state index contributed by atoms with van der Waals surface area (Å²) in [5.41, 5.74) is 0. The van der Waals surface area contributed by atoms with Gasteiger partial charge in [0.25, 0.3) is 0 Å². The van der Waals surface area contributed by atoms with E-state index in [0.717, 1.165) is 32.3 Å². The van der Waals surface area contributed by atoms with Gasteiger partial charge in [0.2, 0.25) is 11.8 Å². The van der Waals surface area contributed by atoms with Crippen LogP contribution in [0.1, 0.15) is 52.9 Å². The topological polar surface area (TPSA) is 58.6 Å². The number of likely N-dealkylation sites (tertiary alicyclic amines) is 1. The molecule has 0 aromatic carbocycles. The Morgan fingerprint density at radius 2 is 1.95 bits per heavy atom. The monoisotopic (exact) mass is 284 g/mol. The van der Waals surface area contributed by atoms with Gasteiger partial charge in [0.1, 0.15) is 0 Å². The highest BCUT2D eigenvalue weighted by Crippen LogP contribution is 2.20. The summed E-state index contributed by atoms with van der Waals surface area (Å²) < 4.78 is 5.39. The van der Waals surface area contributed by atoms with E-state index in [4.69, 9.17) is 4.74 Å². The van der Waals surface area contributed by atoms with Gasteiger partial charge in [-0.25, -0.2) is 0 Å². The molecule has 1 fully saturated rings. The maximum Gasteiger partial charge on any atom is 0.247 e. The molecule has 0 bridgehead atoms. The molecule has 20 heavy (non-hydrogen) atoms. The third kappa shape index (κ3) is 4.56. The maximum absolute atomic E-state index is 12.3. The van der Waals surface area contributed by atoms with Crippen LogP contribution in [0.15, 0.2) is 0 Å². The SMILES string of the molecule is CCCOCCCNC1CC(=O)N(C(CC)CC)C1=O. The number of hydrogen-bond donors (Lipinski definition) is 1. The lowest BCUT2D eigenvalue weighted by Crippen LogP contribution is -2.43. The van der Waals surface area contributed by atoms with Crippen molar-refractivity contribution in [2.45, 2.75) is 65.0 Å². The van der Waals surface area contributed by atoms with Crippen LogP contribution in [0, 0.1) is 0 Å². The van der Waals surface area contributed by atoms with Crippen molar-refractivity contribution in [1.29, 1.82) is 0 Å². The number of carbonyl (C=O) groups is 2. The summed E-state index contributed by atoms with van der Waals surface area (Å²) in [6.07, 6.45) is 3.83. The molecule has 0 radical (unpaired) electrons. The van der Waals surface area contributed by atoms with Crippen molar-refractivity contribution in [3.05, 3.63) is 0 Å². The van der Waals surface area contributed by atoms with E-state index < -0.39 is 0 Å². The molecule has 1 aliphatic heterocycles. The number of nitrogens with zero attached hydrogens (tertiary/aromatic N) is 1. The number of hydrogen-bond acceptors (Lipinski definition) is 4. The van der Waals surface area contributed by atoms with Crippen LogP contribution in [0.4, 0.5) is 0 Å². The van der Waals surface area contributed by atoms with E-state index in [-0.39, 0.29) is 23.9 Å². The van der Waals surface area contributed by atoms with E-state index in [1.54, 1.807) is 0 Å². The first-order chi connectivity index (χ1) is 9.65. The van der Waals surface area contributed by atoms with Crippen LogP contribution >= 0.6 is 0 Å². The van der Waals surface area contributed by atoms with E-state index in [9.17, 15) is 9.59 Å². The van der Waals surface area contributed by atoms with E-state index in [1.807, 2.05) is 13.8 Å². The molecular weight excluding hydrogens is 256 g/mol. The Balaban J connectivity index is 2.34. The summed E-state index contributed by atoms with van der Waals surface area (Å²) in [5, 5.41) is 3.18. The molecule has 1 N–H and O–H groups in total. The number of rotatable bonds is 10. The zero-order valence-electron chi connectivity index (χ0n) is 13.0. The van der Waals surface area contributed by atoms with E-state index >= 15 is 0 Å². The number of carbonyl (C=O) groups excluding carboxylic acids is 2. The second-order valence-corrected chi connectivity index (χ2v) is 5.25. The van der Waals surface area contributed by atoms with Crippen molar-refractivity contribution >= 4 is 11.8 Å². The van der Waals surface area contributed by atoms with Gasteiger partial charge in [-0.3, -0.25) is 14.5 Å². The van der Waals surface area contributed by atoms with Crippen LogP contribution in [0.25, 0.3) is 0 Å². The molecule has 0 spiro atoms. The lowest BCUT2D eigenvalue weighted by atomic mass is 10.1. The zero-order chi connectivity index (χ0) is 15.0. The molecule has 1 aliphatic rings. The van der Waals surface area contributed by atoms with Gasteiger partial charge in [-0.2, -0.15) is 0 Å². The van der Waals surface area contributed by atoms with Crippen molar-refractivity contribution < 1.29 is 14.3 Å². The first-order valence-corrected chi connectivity index (χ1v) is 7.82. The lowest BCUT2D eigenvalue weighted by Gasteiger charge is -2.24. The van der Waals surface area contributed by atoms with Crippen molar-refractivity contribution in [1.82, 2.24) is 10.2 Å². The van der Waals surface area contributed by atoms with Crippen LogP contribution < -0.4 is 5.32 Å². The lowest BCUT2D eigenvalue weighted by molar-refractivity contribution is -0.141. The van der Waals surface area contributed by atoms with E-state index in [0.29, 0.717) is 19.6 Å².